The summed E-state index contributed by atoms with van der Waals surface area (Å²) in [6.07, 6.45) is -5.42. The van der Waals surface area contributed by atoms with Crippen molar-refractivity contribution in [3.05, 3.63) is 23.8 Å². The van der Waals surface area contributed by atoms with E-state index in [2.05, 4.69) is 0 Å². The SMILES string of the molecule is CC=CC1=CC(=O)[C@H](O[C@H]2O[C@H](CO)[C@@H](O)[C@H](O)[C@H]2O)[C@H]1O. The van der Waals surface area contributed by atoms with Crippen molar-refractivity contribution in [3.8, 4) is 0 Å². The summed E-state index contributed by atoms with van der Waals surface area (Å²) < 4.78 is 10.4. The Morgan fingerprint density at radius 1 is 1.23 bits per heavy atom. The number of hydrogen-bond acceptors (Lipinski definition) is 8. The predicted molar refractivity (Wildman–Crippen MR) is 72.6 cm³/mol. The molecule has 0 saturated carbocycles. The molecule has 8 nitrogen and oxygen atoms in total. The molecular weight excluding hydrogens is 296 g/mol. The maximum atomic E-state index is 11.9. The Hall–Kier alpha value is -1.13. The molecule has 8 heteroatoms. The number of allylic oxidation sites excluding steroid dienone is 1. The number of hydrogen-bond donors (Lipinski definition) is 5. The van der Waals surface area contributed by atoms with E-state index in [0.717, 1.165) is 0 Å². The minimum absolute atomic E-state index is 0.363. The van der Waals surface area contributed by atoms with Gasteiger partial charge in [-0.15, -0.1) is 0 Å². The Kier molecular flexibility index (Phi) is 5.45. The summed E-state index contributed by atoms with van der Waals surface area (Å²) in [5.74, 6) is -0.502. The van der Waals surface area contributed by atoms with E-state index in [-0.39, 0.29) is 0 Å². The highest BCUT2D eigenvalue weighted by Crippen LogP contribution is 2.27. The first kappa shape index (κ1) is 17.2. The fourth-order valence-electron chi connectivity index (χ4n) is 2.47. The molecule has 7 atom stereocenters. The summed E-state index contributed by atoms with van der Waals surface area (Å²) in [4.78, 5) is 11.9. The zero-order chi connectivity index (χ0) is 16.4. The van der Waals surface area contributed by atoms with E-state index < -0.39 is 55.3 Å². The van der Waals surface area contributed by atoms with Crippen molar-refractivity contribution in [2.45, 2.75) is 49.8 Å². The molecule has 0 spiro atoms. The molecule has 2 rings (SSSR count). The lowest BCUT2D eigenvalue weighted by Crippen LogP contribution is -2.60. The normalized spacial score (nSPS) is 42.9. The van der Waals surface area contributed by atoms with Gasteiger partial charge in [-0.1, -0.05) is 12.2 Å². The molecule has 1 heterocycles. The van der Waals surface area contributed by atoms with Crippen LogP contribution in [0.15, 0.2) is 23.8 Å². The number of rotatable bonds is 4. The van der Waals surface area contributed by atoms with E-state index in [1.807, 2.05) is 0 Å². The van der Waals surface area contributed by atoms with Crippen molar-refractivity contribution in [1.29, 1.82) is 0 Å². The van der Waals surface area contributed by atoms with Gasteiger partial charge in [0.1, 0.15) is 30.5 Å². The van der Waals surface area contributed by atoms with Crippen LogP contribution >= 0.6 is 0 Å². The smallest absolute Gasteiger partial charge is 0.187 e. The molecular formula is C14H20O8. The number of carbonyl (C=O) groups is 1. The first-order chi connectivity index (χ1) is 10.4. The predicted octanol–water partition coefficient (Wildman–Crippen LogP) is -2.38. The van der Waals surface area contributed by atoms with Crippen molar-refractivity contribution in [2.24, 2.45) is 0 Å². The number of carbonyl (C=O) groups excluding carboxylic acids is 1. The van der Waals surface area contributed by atoms with Gasteiger partial charge in [-0.2, -0.15) is 0 Å². The highest BCUT2D eigenvalue weighted by Gasteiger charge is 2.47. The average Bonchev–Trinajstić information content (AvgIpc) is 2.75. The second kappa shape index (κ2) is 6.97. The minimum atomic E-state index is -1.62. The maximum absolute atomic E-state index is 11.9. The summed E-state index contributed by atoms with van der Waals surface area (Å²) in [6, 6.07) is 0. The zero-order valence-electron chi connectivity index (χ0n) is 11.9. The number of ketones is 1. The van der Waals surface area contributed by atoms with E-state index in [0.29, 0.717) is 5.57 Å². The van der Waals surface area contributed by atoms with E-state index in [9.17, 15) is 25.2 Å². The van der Waals surface area contributed by atoms with Crippen LogP contribution in [0.4, 0.5) is 0 Å². The second-order valence-electron chi connectivity index (χ2n) is 5.25. The van der Waals surface area contributed by atoms with Crippen LogP contribution in [0.1, 0.15) is 6.92 Å². The Bertz CT molecular complexity index is 471. The molecule has 0 aromatic carbocycles. The summed E-state index contributed by atoms with van der Waals surface area (Å²) >= 11 is 0. The number of aliphatic hydroxyl groups is 5. The fourth-order valence-corrected chi connectivity index (χ4v) is 2.47. The molecule has 0 unspecified atom stereocenters. The van der Waals surface area contributed by atoms with Crippen molar-refractivity contribution in [1.82, 2.24) is 0 Å². The van der Waals surface area contributed by atoms with Crippen molar-refractivity contribution >= 4 is 5.78 Å². The molecule has 0 aromatic rings. The summed E-state index contributed by atoms with van der Waals surface area (Å²) in [5.41, 5.74) is 0.363. The van der Waals surface area contributed by atoms with Gasteiger partial charge in [0.25, 0.3) is 0 Å². The van der Waals surface area contributed by atoms with Crippen molar-refractivity contribution < 1.29 is 39.8 Å². The minimum Gasteiger partial charge on any atom is -0.394 e. The van der Waals surface area contributed by atoms with Crippen LogP contribution in [0.3, 0.4) is 0 Å². The molecule has 1 fully saturated rings. The van der Waals surface area contributed by atoms with Gasteiger partial charge in [0.15, 0.2) is 18.2 Å². The molecule has 0 radical (unpaired) electrons. The molecule has 1 aliphatic heterocycles. The van der Waals surface area contributed by atoms with Crippen LogP contribution in [0.25, 0.3) is 0 Å². The van der Waals surface area contributed by atoms with Gasteiger partial charge >= 0.3 is 0 Å². The van der Waals surface area contributed by atoms with Gasteiger partial charge < -0.3 is 35.0 Å². The van der Waals surface area contributed by atoms with Crippen LogP contribution in [0.2, 0.25) is 0 Å². The van der Waals surface area contributed by atoms with E-state index in [1.54, 1.807) is 19.1 Å². The number of aliphatic hydroxyl groups excluding tert-OH is 5. The summed E-state index contributed by atoms with van der Waals surface area (Å²) in [6.45, 7) is 1.12. The van der Waals surface area contributed by atoms with Crippen LogP contribution in [0, 0.1) is 0 Å². The lowest BCUT2D eigenvalue weighted by Gasteiger charge is -2.40. The molecule has 0 aromatic heterocycles. The monoisotopic (exact) mass is 316 g/mol. The van der Waals surface area contributed by atoms with Gasteiger partial charge in [-0.05, 0) is 18.6 Å². The van der Waals surface area contributed by atoms with E-state index >= 15 is 0 Å². The highest BCUT2D eigenvalue weighted by atomic mass is 16.7. The van der Waals surface area contributed by atoms with Crippen LogP contribution < -0.4 is 0 Å². The molecule has 1 aliphatic carbocycles. The van der Waals surface area contributed by atoms with Gasteiger partial charge in [0.2, 0.25) is 0 Å². The molecule has 5 N–H and O–H groups in total. The first-order valence-corrected chi connectivity index (χ1v) is 6.92. The largest absolute Gasteiger partial charge is 0.394 e. The Morgan fingerprint density at radius 2 is 1.91 bits per heavy atom. The third-order valence-electron chi connectivity index (χ3n) is 3.71. The Labute approximate surface area is 126 Å². The molecule has 0 amide bonds. The zero-order valence-corrected chi connectivity index (χ0v) is 11.9. The molecule has 1 saturated heterocycles. The van der Waals surface area contributed by atoms with Crippen molar-refractivity contribution in [2.75, 3.05) is 6.61 Å². The second-order valence-corrected chi connectivity index (χ2v) is 5.25. The van der Waals surface area contributed by atoms with Gasteiger partial charge in [0, 0.05) is 0 Å². The molecule has 0 bridgehead atoms. The van der Waals surface area contributed by atoms with Crippen LogP contribution in [-0.2, 0) is 14.3 Å². The third kappa shape index (κ3) is 3.13. The molecule has 22 heavy (non-hydrogen) atoms. The number of ether oxygens (including phenoxy) is 2. The van der Waals surface area contributed by atoms with Gasteiger partial charge in [-0.25, -0.2) is 0 Å². The molecule has 2 aliphatic rings. The highest BCUT2D eigenvalue weighted by molar-refractivity contribution is 5.98. The lowest BCUT2D eigenvalue weighted by molar-refractivity contribution is -0.311. The van der Waals surface area contributed by atoms with E-state index in [4.69, 9.17) is 14.6 Å². The van der Waals surface area contributed by atoms with E-state index in [1.165, 1.54) is 6.08 Å². The Balaban J connectivity index is 2.08. The lowest BCUT2D eigenvalue weighted by atomic mass is 9.99. The standard InChI is InChI=1S/C14H20O8/c1-2-3-6-4-7(16)13(9(6)17)22-14-12(20)11(19)10(18)8(5-15)21-14/h2-4,8-15,17-20H,5H2,1H3/t8-,9+,10-,11+,12-,13+,14-/m1/s1. The van der Waals surface area contributed by atoms with Crippen LogP contribution in [0.5, 0.6) is 0 Å². The van der Waals surface area contributed by atoms with Crippen molar-refractivity contribution in [3.63, 3.8) is 0 Å². The average molecular weight is 316 g/mol. The first-order valence-electron chi connectivity index (χ1n) is 6.92. The quantitative estimate of drug-likeness (QED) is 0.388. The summed E-state index contributed by atoms with van der Waals surface area (Å²) in [5, 5.41) is 48.3. The summed E-state index contributed by atoms with van der Waals surface area (Å²) in [7, 11) is 0. The maximum Gasteiger partial charge on any atom is 0.187 e. The van der Waals surface area contributed by atoms with Gasteiger partial charge in [-0.3, -0.25) is 4.79 Å². The fraction of sp³-hybridized carbons (Fsp3) is 0.643. The topological polar surface area (TPSA) is 137 Å². The Morgan fingerprint density at radius 3 is 2.50 bits per heavy atom. The van der Waals surface area contributed by atoms with Crippen LogP contribution in [-0.4, -0.2) is 80.8 Å². The third-order valence-corrected chi connectivity index (χ3v) is 3.71. The molecule has 124 valence electrons. The van der Waals surface area contributed by atoms with Gasteiger partial charge in [0.05, 0.1) is 6.61 Å².